The number of carboxylic acid groups (broad SMARTS) is 1. The second-order valence-electron chi connectivity index (χ2n) is 4.82. The largest absolute Gasteiger partial charge is 0.481 e. The second kappa shape index (κ2) is 6.12. The Labute approximate surface area is 111 Å². The van der Waals surface area contributed by atoms with Gasteiger partial charge in [-0.2, -0.15) is 0 Å². The number of ether oxygens (including phenoxy) is 1. The van der Waals surface area contributed by atoms with Gasteiger partial charge >= 0.3 is 5.97 Å². The number of aliphatic carboxylic acids is 1. The van der Waals surface area contributed by atoms with Crippen LogP contribution in [-0.2, 0) is 16.1 Å². The molecule has 0 bridgehead atoms. The maximum Gasteiger partial charge on any atom is 0.305 e. The molecule has 0 unspecified atom stereocenters. The number of carboxylic acids is 1. The first-order valence-corrected chi connectivity index (χ1v) is 6.35. The molecular formula is C14H18FNO3. The molecule has 19 heavy (non-hydrogen) atoms. The van der Waals surface area contributed by atoms with Crippen molar-refractivity contribution in [2.75, 3.05) is 19.8 Å². The van der Waals surface area contributed by atoms with Gasteiger partial charge in [-0.25, -0.2) is 4.39 Å². The van der Waals surface area contributed by atoms with E-state index < -0.39 is 5.97 Å². The zero-order valence-electron chi connectivity index (χ0n) is 10.9. The Morgan fingerprint density at radius 2 is 2.37 bits per heavy atom. The van der Waals surface area contributed by atoms with Gasteiger partial charge in [-0.3, -0.25) is 9.69 Å². The average Bonchev–Trinajstić information content (AvgIpc) is 2.36. The highest BCUT2D eigenvalue weighted by Gasteiger charge is 2.25. The summed E-state index contributed by atoms with van der Waals surface area (Å²) in [5.74, 6) is -1.06. The van der Waals surface area contributed by atoms with Crippen molar-refractivity contribution in [2.45, 2.75) is 25.9 Å². The summed E-state index contributed by atoms with van der Waals surface area (Å²) in [5, 5.41) is 8.91. The summed E-state index contributed by atoms with van der Waals surface area (Å²) in [5.41, 5.74) is 1.53. The molecule has 1 aliphatic rings. The Bertz CT molecular complexity index is 464. The zero-order valence-corrected chi connectivity index (χ0v) is 10.9. The molecule has 104 valence electrons. The maximum absolute atomic E-state index is 13.5. The number of hydrogen-bond acceptors (Lipinski definition) is 3. The third kappa shape index (κ3) is 3.52. The highest BCUT2D eigenvalue weighted by Crippen LogP contribution is 2.18. The van der Waals surface area contributed by atoms with Crippen molar-refractivity contribution >= 4 is 5.97 Å². The number of nitrogens with zero attached hydrogens (tertiary/aromatic N) is 1. The number of hydrogen-bond donors (Lipinski definition) is 1. The molecule has 1 heterocycles. The van der Waals surface area contributed by atoms with Crippen molar-refractivity contribution in [3.05, 3.63) is 35.1 Å². The molecule has 1 aliphatic heterocycles. The van der Waals surface area contributed by atoms with E-state index in [1.165, 1.54) is 6.07 Å². The van der Waals surface area contributed by atoms with Crippen molar-refractivity contribution < 1.29 is 19.0 Å². The quantitative estimate of drug-likeness (QED) is 0.904. The number of benzene rings is 1. The van der Waals surface area contributed by atoms with Crippen LogP contribution in [0.15, 0.2) is 18.2 Å². The lowest BCUT2D eigenvalue weighted by Crippen LogP contribution is -2.46. The average molecular weight is 267 g/mol. The van der Waals surface area contributed by atoms with Gasteiger partial charge in [0.25, 0.3) is 0 Å². The molecule has 1 N–H and O–H groups in total. The number of carbonyl (C=O) groups is 1. The van der Waals surface area contributed by atoms with Crippen LogP contribution in [0.2, 0.25) is 0 Å². The molecule has 0 aromatic heterocycles. The van der Waals surface area contributed by atoms with Crippen LogP contribution in [0.4, 0.5) is 4.39 Å². The van der Waals surface area contributed by atoms with Gasteiger partial charge in [-0.1, -0.05) is 12.1 Å². The van der Waals surface area contributed by atoms with E-state index in [0.717, 1.165) is 5.56 Å². The van der Waals surface area contributed by atoms with E-state index >= 15 is 0 Å². The van der Waals surface area contributed by atoms with Crippen molar-refractivity contribution in [1.82, 2.24) is 4.90 Å². The van der Waals surface area contributed by atoms with Crippen molar-refractivity contribution in [3.8, 4) is 0 Å². The summed E-state index contributed by atoms with van der Waals surface area (Å²) in [6, 6.07) is 4.86. The summed E-state index contributed by atoms with van der Waals surface area (Å²) in [6.45, 7) is 3.99. The van der Waals surface area contributed by atoms with Crippen LogP contribution in [0.25, 0.3) is 0 Å². The summed E-state index contributed by atoms with van der Waals surface area (Å²) in [6.07, 6.45) is 0.0500. The predicted molar refractivity (Wildman–Crippen MR) is 68.4 cm³/mol. The molecule has 0 amide bonds. The monoisotopic (exact) mass is 267 g/mol. The molecule has 1 fully saturated rings. The van der Waals surface area contributed by atoms with Gasteiger partial charge < -0.3 is 9.84 Å². The van der Waals surface area contributed by atoms with Crippen LogP contribution < -0.4 is 0 Å². The molecule has 1 aromatic carbocycles. The lowest BCUT2D eigenvalue weighted by Gasteiger charge is -2.35. The van der Waals surface area contributed by atoms with E-state index in [9.17, 15) is 9.18 Å². The minimum absolute atomic E-state index is 0.0500. The van der Waals surface area contributed by atoms with E-state index in [0.29, 0.717) is 31.9 Å². The fourth-order valence-electron chi connectivity index (χ4n) is 2.33. The van der Waals surface area contributed by atoms with Crippen LogP contribution in [-0.4, -0.2) is 41.8 Å². The smallest absolute Gasteiger partial charge is 0.305 e. The van der Waals surface area contributed by atoms with E-state index in [-0.39, 0.29) is 18.3 Å². The fraction of sp³-hybridized carbons (Fsp3) is 0.500. The summed E-state index contributed by atoms with van der Waals surface area (Å²) < 4.78 is 18.8. The first-order valence-electron chi connectivity index (χ1n) is 6.35. The molecular weight excluding hydrogens is 249 g/mol. The minimum Gasteiger partial charge on any atom is -0.481 e. The minimum atomic E-state index is -0.837. The summed E-state index contributed by atoms with van der Waals surface area (Å²) >= 11 is 0. The Morgan fingerprint density at radius 3 is 3.11 bits per heavy atom. The molecule has 4 nitrogen and oxygen atoms in total. The van der Waals surface area contributed by atoms with Crippen molar-refractivity contribution in [3.63, 3.8) is 0 Å². The van der Waals surface area contributed by atoms with Crippen molar-refractivity contribution in [2.24, 2.45) is 0 Å². The Kier molecular flexibility index (Phi) is 4.50. The van der Waals surface area contributed by atoms with Crippen LogP contribution in [0.1, 0.15) is 17.5 Å². The van der Waals surface area contributed by atoms with Gasteiger partial charge in [0.1, 0.15) is 5.82 Å². The Hall–Kier alpha value is -1.46. The number of rotatable bonds is 4. The maximum atomic E-state index is 13.5. The SMILES string of the molecule is Cc1c(F)cccc1CN1CCOC[C@H]1CC(=O)O. The number of halogens is 1. The standard InChI is InChI=1S/C14H18FNO3/c1-10-11(3-2-4-13(10)15)8-16-5-6-19-9-12(16)7-14(17)18/h2-4,12H,5-9H2,1H3,(H,17,18)/t12-/m1/s1. The normalized spacial score (nSPS) is 20.4. The van der Waals surface area contributed by atoms with E-state index in [1.807, 2.05) is 6.07 Å². The topological polar surface area (TPSA) is 49.8 Å². The van der Waals surface area contributed by atoms with Gasteiger partial charge in [-0.15, -0.1) is 0 Å². The molecule has 2 rings (SSSR count). The highest BCUT2D eigenvalue weighted by molar-refractivity contribution is 5.67. The van der Waals surface area contributed by atoms with E-state index in [4.69, 9.17) is 9.84 Å². The van der Waals surface area contributed by atoms with Gasteiger partial charge in [0.2, 0.25) is 0 Å². The lowest BCUT2D eigenvalue weighted by atomic mass is 10.1. The van der Waals surface area contributed by atoms with Crippen LogP contribution >= 0.6 is 0 Å². The Balaban J connectivity index is 2.10. The molecule has 5 heteroatoms. The van der Waals surface area contributed by atoms with Gasteiger partial charge in [0.15, 0.2) is 0 Å². The molecule has 0 aliphatic carbocycles. The third-order valence-electron chi connectivity index (χ3n) is 3.51. The van der Waals surface area contributed by atoms with E-state index in [1.54, 1.807) is 13.0 Å². The lowest BCUT2D eigenvalue weighted by molar-refractivity contribution is -0.140. The predicted octanol–water partition coefficient (Wildman–Crippen LogP) is 1.81. The fourth-order valence-corrected chi connectivity index (χ4v) is 2.33. The number of morpholine rings is 1. The first kappa shape index (κ1) is 14.0. The zero-order chi connectivity index (χ0) is 13.8. The molecule has 1 atom stereocenters. The highest BCUT2D eigenvalue weighted by atomic mass is 19.1. The van der Waals surface area contributed by atoms with Gasteiger partial charge in [0, 0.05) is 19.1 Å². The van der Waals surface area contributed by atoms with Crippen LogP contribution in [0.3, 0.4) is 0 Å². The van der Waals surface area contributed by atoms with Crippen LogP contribution in [0, 0.1) is 12.7 Å². The van der Waals surface area contributed by atoms with E-state index in [2.05, 4.69) is 4.90 Å². The third-order valence-corrected chi connectivity index (χ3v) is 3.51. The first-order chi connectivity index (χ1) is 9.08. The molecule has 0 spiro atoms. The molecule has 0 saturated carbocycles. The van der Waals surface area contributed by atoms with Gasteiger partial charge in [-0.05, 0) is 24.1 Å². The van der Waals surface area contributed by atoms with Gasteiger partial charge in [0.05, 0.1) is 19.6 Å². The second-order valence-corrected chi connectivity index (χ2v) is 4.82. The molecule has 1 aromatic rings. The molecule has 1 saturated heterocycles. The summed E-state index contributed by atoms with van der Waals surface area (Å²) in [7, 11) is 0. The van der Waals surface area contributed by atoms with Crippen LogP contribution in [0.5, 0.6) is 0 Å². The Morgan fingerprint density at radius 1 is 1.58 bits per heavy atom. The summed E-state index contributed by atoms with van der Waals surface area (Å²) in [4.78, 5) is 12.9. The molecule has 0 radical (unpaired) electrons. The van der Waals surface area contributed by atoms with Crippen molar-refractivity contribution in [1.29, 1.82) is 0 Å².